The van der Waals surface area contributed by atoms with Crippen LogP contribution >= 0.6 is 0 Å². The Balaban J connectivity index is 2.76. The summed E-state index contributed by atoms with van der Waals surface area (Å²) in [5.41, 5.74) is 1.23. The van der Waals surface area contributed by atoms with Crippen LogP contribution in [-0.4, -0.2) is 25.3 Å². The Labute approximate surface area is 114 Å². The normalized spacial score (nSPS) is 10.4. The van der Waals surface area contributed by atoms with Crippen molar-refractivity contribution in [3.05, 3.63) is 29.3 Å². The van der Waals surface area contributed by atoms with Gasteiger partial charge < -0.3 is 10.1 Å². The highest BCUT2D eigenvalue weighted by atomic mass is 16.5. The Morgan fingerprint density at radius 2 is 2.00 bits per heavy atom. The van der Waals surface area contributed by atoms with Crippen molar-refractivity contribution in [1.29, 1.82) is 0 Å². The molecule has 0 saturated heterocycles. The van der Waals surface area contributed by atoms with Crippen molar-refractivity contribution in [3.8, 4) is 5.75 Å². The third kappa shape index (κ3) is 4.39. The van der Waals surface area contributed by atoms with Crippen molar-refractivity contribution in [1.82, 2.24) is 5.32 Å². The van der Waals surface area contributed by atoms with Crippen LogP contribution in [0.5, 0.6) is 5.75 Å². The number of ether oxygens (including phenoxy) is 1. The molecule has 19 heavy (non-hydrogen) atoms. The van der Waals surface area contributed by atoms with Crippen LogP contribution in [0.15, 0.2) is 18.2 Å². The summed E-state index contributed by atoms with van der Waals surface area (Å²) in [6, 6.07) is 5.21. The van der Waals surface area contributed by atoms with Gasteiger partial charge in [0.1, 0.15) is 5.75 Å². The molecule has 0 atom stereocenters. The van der Waals surface area contributed by atoms with Gasteiger partial charge in [0.2, 0.25) is 0 Å². The number of rotatable bonds is 6. The monoisotopic (exact) mass is 263 g/mol. The number of aryl methyl sites for hydroxylation is 1. The Kier molecular flexibility index (Phi) is 5.55. The zero-order valence-electron chi connectivity index (χ0n) is 11.9. The molecule has 1 aromatic rings. The molecule has 0 heterocycles. The van der Waals surface area contributed by atoms with Gasteiger partial charge in [-0.3, -0.25) is 9.59 Å². The number of carbonyl (C=O) groups is 2. The molecule has 0 unspecified atom stereocenters. The highest BCUT2D eigenvalue weighted by Gasteiger charge is 2.20. The maximum Gasteiger partial charge on any atom is 0.292 e. The summed E-state index contributed by atoms with van der Waals surface area (Å²) in [4.78, 5) is 23.8. The number of amides is 1. The molecule has 0 radical (unpaired) electrons. The van der Waals surface area contributed by atoms with Crippen molar-refractivity contribution in [2.45, 2.75) is 27.2 Å². The fourth-order valence-electron chi connectivity index (χ4n) is 1.68. The summed E-state index contributed by atoms with van der Waals surface area (Å²) >= 11 is 0. The zero-order valence-corrected chi connectivity index (χ0v) is 11.9. The summed E-state index contributed by atoms with van der Waals surface area (Å²) in [5.74, 6) is -0.215. The number of benzene rings is 1. The molecule has 0 fully saturated rings. The zero-order chi connectivity index (χ0) is 14.4. The molecule has 4 nitrogen and oxygen atoms in total. The van der Waals surface area contributed by atoms with E-state index in [1.807, 2.05) is 13.0 Å². The van der Waals surface area contributed by atoms with Crippen molar-refractivity contribution >= 4 is 11.7 Å². The fraction of sp³-hybridized carbons (Fsp3) is 0.467. The number of methoxy groups -OCH3 is 1. The topological polar surface area (TPSA) is 55.4 Å². The molecular weight excluding hydrogens is 242 g/mol. The van der Waals surface area contributed by atoms with E-state index in [0.717, 1.165) is 12.0 Å². The third-order valence-electron chi connectivity index (χ3n) is 2.81. The molecule has 0 spiro atoms. The quantitative estimate of drug-likeness (QED) is 0.633. The first kappa shape index (κ1) is 15.2. The van der Waals surface area contributed by atoms with E-state index in [9.17, 15) is 9.59 Å². The molecular formula is C15H21NO3. The molecule has 1 N–H and O–H groups in total. The van der Waals surface area contributed by atoms with Gasteiger partial charge in [-0.15, -0.1) is 0 Å². The molecule has 0 aliphatic carbocycles. The van der Waals surface area contributed by atoms with Crippen molar-refractivity contribution < 1.29 is 14.3 Å². The van der Waals surface area contributed by atoms with E-state index in [1.165, 1.54) is 7.11 Å². The van der Waals surface area contributed by atoms with Crippen molar-refractivity contribution in [3.63, 3.8) is 0 Å². The highest BCUT2D eigenvalue weighted by molar-refractivity contribution is 6.43. The first-order chi connectivity index (χ1) is 8.95. The van der Waals surface area contributed by atoms with Crippen molar-refractivity contribution in [2.24, 2.45) is 5.92 Å². The SMILES string of the molecule is COc1ccc(C)cc1C(=O)C(=O)NCCC(C)C. The second-order valence-corrected chi connectivity index (χ2v) is 4.97. The molecule has 1 amide bonds. The molecule has 1 rings (SSSR count). The lowest BCUT2D eigenvalue weighted by Crippen LogP contribution is -2.32. The molecule has 0 bridgehead atoms. The first-order valence-electron chi connectivity index (χ1n) is 6.43. The molecule has 0 aliphatic rings. The number of nitrogens with one attached hydrogen (secondary N) is 1. The van der Waals surface area contributed by atoms with E-state index in [4.69, 9.17) is 4.74 Å². The maximum atomic E-state index is 12.1. The average molecular weight is 263 g/mol. The number of Topliss-reactive ketones (excluding diaryl/α,β-unsaturated/α-hetero) is 1. The lowest BCUT2D eigenvalue weighted by molar-refractivity contribution is -0.117. The fourth-order valence-corrected chi connectivity index (χ4v) is 1.68. The van der Waals surface area contributed by atoms with Crippen LogP contribution in [0.4, 0.5) is 0 Å². The lowest BCUT2D eigenvalue weighted by atomic mass is 10.1. The van der Waals surface area contributed by atoms with Crippen LogP contribution in [-0.2, 0) is 4.79 Å². The molecule has 104 valence electrons. The van der Waals surface area contributed by atoms with Crippen LogP contribution in [0.25, 0.3) is 0 Å². The van der Waals surface area contributed by atoms with E-state index in [2.05, 4.69) is 19.2 Å². The number of ketones is 1. The molecule has 0 saturated carbocycles. The van der Waals surface area contributed by atoms with E-state index < -0.39 is 11.7 Å². The lowest BCUT2D eigenvalue weighted by Gasteiger charge is -2.09. The third-order valence-corrected chi connectivity index (χ3v) is 2.81. The smallest absolute Gasteiger partial charge is 0.292 e. The molecule has 4 heteroatoms. The van der Waals surface area contributed by atoms with Gasteiger partial charge in [-0.25, -0.2) is 0 Å². The van der Waals surface area contributed by atoms with Crippen LogP contribution < -0.4 is 10.1 Å². The highest BCUT2D eigenvalue weighted by Crippen LogP contribution is 2.20. The standard InChI is InChI=1S/C15H21NO3/c1-10(2)7-8-16-15(18)14(17)12-9-11(3)5-6-13(12)19-4/h5-6,9-10H,7-8H2,1-4H3,(H,16,18). The summed E-state index contributed by atoms with van der Waals surface area (Å²) < 4.78 is 5.11. The van der Waals surface area contributed by atoms with Crippen LogP contribution in [0.1, 0.15) is 36.2 Å². The Bertz CT molecular complexity index is 466. The van der Waals surface area contributed by atoms with Gasteiger partial charge in [0, 0.05) is 6.54 Å². The Morgan fingerprint density at radius 3 is 2.58 bits per heavy atom. The molecule has 0 aromatic heterocycles. The minimum absolute atomic E-state index is 0.310. The van der Waals surface area contributed by atoms with Crippen LogP contribution in [0, 0.1) is 12.8 Å². The largest absolute Gasteiger partial charge is 0.496 e. The van der Waals surface area contributed by atoms with E-state index >= 15 is 0 Å². The van der Waals surface area contributed by atoms with Gasteiger partial charge in [0.05, 0.1) is 12.7 Å². The van der Waals surface area contributed by atoms with Gasteiger partial charge in [0.25, 0.3) is 11.7 Å². The van der Waals surface area contributed by atoms with Crippen LogP contribution in [0.2, 0.25) is 0 Å². The summed E-state index contributed by atoms with van der Waals surface area (Å²) in [6.45, 7) is 6.51. The van der Waals surface area contributed by atoms with E-state index in [-0.39, 0.29) is 0 Å². The Morgan fingerprint density at radius 1 is 1.32 bits per heavy atom. The minimum Gasteiger partial charge on any atom is -0.496 e. The summed E-state index contributed by atoms with van der Waals surface area (Å²) in [6.07, 6.45) is 0.851. The second kappa shape index (κ2) is 6.92. The van der Waals surface area contributed by atoms with Gasteiger partial charge in [-0.2, -0.15) is 0 Å². The van der Waals surface area contributed by atoms with E-state index in [0.29, 0.717) is 23.8 Å². The van der Waals surface area contributed by atoms with Crippen molar-refractivity contribution in [2.75, 3.05) is 13.7 Å². The van der Waals surface area contributed by atoms with E-state index in [1.54, 1.807) is 12.1 Å². The van der Waals surface area contributed by atoms with Crippen LogP contribution in [0.3, 0.4) is 0 Å². The predicted octanol–water partition coefficient (Wildman–Crippen LogP) is 2.35. The summed E-state index contributed by atoms with van der Waals surface area (Å²) in [5, 5.41) is 2.64. The predicted molar refractivity (Wildman–Crippen MR) is 74.5 cm³/mol. The summed E-state index contributed by atoms with van der Waals surface area (Å²) in [7, 11) is 1.48. The van der Waals surface area contributed by atoms with Gasteiger partial charge in [-0.1, -0.05) is 25.5 Å². The average Bonchev–Trinajstić information content (AvgIpc) is 2.37. The maximum absolute atomic E-state index is 12.1. The number of carbonyl (C=O) groups excluding carboxylic acids is 2. The van der Waals surface area contributed by atoms with Gasteiger partial charge in [0.15, 0.2) is 0 Å². The number of hydrogen-bond donors (Lipinski definition) is 1. The Hall–Kier alpha value is -1.84. The van der Waals surface area contributed by atoms with Gasteiger partial charge in [-0.05, 0) is 31.4 Å². The first-order valence-corrected chi connectivity index (χ1v) is 6.43. The molecule has 1 aromatic carbocycles. The van der Waals surface area contributed by atoms with Gasteiger partial charge >= 0.3 is 0 Å². The second-order valence-electron chi connectivity index (χ2n) is 4.97. The molecule has 0 aliphatic heterocycles. The minimum atomic E-state index is -0.579. The number of hydrogen-bond acceptors (Lipinski definition) is 3.